The predicted molar refractivity (Wildman–Crippen MR) is 105 cm³/mol. The Bertz CT molecular complexity index is 600. The van der Waals surface area contributed by atoms with Gasteiger partial charge in [0, 0.05) is 15.8 Å². The molecule has 1 aromatic rings. The smallest absolute Gasteiger partial charge is 0.417 e. The first-order valence-electron chi connectivity index (χ1n) is 7.70. The number of thiophene rings is 1. The summed E-state index contributed by atoms with van der Waals surface area (Å²) in [6, 6.07) is 0. The van der Waals surface area contributed by atoms with Crippen LogP contribution in [0.2, 0.25) is 0 Å². The van der Waals surface area contributed by atoms with E-state index in [1.807, 2.05) is 17.6 Å². The first kappa shape index (κ1) is 23.3. The van der Waals surface area contributed by atoms with E-state index in [0.717, 1.165) is 5.56 Å². The zero-order valence-electron chi connectivity index (χ0n) is 16.1. The zero-order valence-corrected chi connectivity index (χ0v) is 17.7. The van der Waals surface area contributed by atoms with Crippen molar-refractivity contribution >= 4 is 40.7 Å². The van der Waals surface area contributed by atoms with E-state index in [0.29, 0.717) is 4.99 Å². The number of imide groups is 1. The lowest BCUT2D eigenvalue weighted by Crippen LogP contribution is -2.39. The number of amides is 2. The molecule has 0 aliphatic rings. The van der Waals surface area contributed by atoms with Crippen molar-refractivity contribution in [1.29, 1.82) is 0 Å². The highest BCUT2D eigenvalue weighted by atomic mass is 32.1. The second-order valence-electron chi connectivity index (χ2n) is 7.32. The van der Waals surface area contributed by atoms with Crippen molar-refractivity contribution in [1.82, 2.24) is 5.32 Å². The van der Waals surface area contributed by atoms with Crippen LogP contribution in [0.3, 0.4) is 0 Å². The van der Waals surface area contributed by atoms with Crippen molar-refractivity contribution < 1.29 is 19.1 Å². The van der Waals surface area contributed by atoms with E-state index in [2.05, 4.69) is 6.92 Å². The topological polar surface area (TPSA) is 90.6 Å². The average molecular weight is 389 g/mol. The summed E-state index contributed by atoms with van der Waals surface area (Å²) in [5, 5.41) is 3.98. The average Bonchev–Trinajstić information content (AvgIpc) is 2.65. The summed E-state index contributed by atoms with van der Waals surface area (Å²) in [6.45, 7) is 14.4. The third-order valence-corrected chi connectivity index (χ3v) is 3.79. The molecule has 0 saturated carbocycles. The Hall–Kier alpha value is -1.67. The predicted octanol–water partition coefficient (Wildman–Crippen LogP) is 4.45. The van der Waals surface area contributed by atoms with Gasteiger partial charge >= 0.3 is 12.2 Å². The molecule has 142 valence electrons. The Kier molecular flexibility index (Phi) is 8.53. The molecule has 0 aliphatic carbocycles. The number of hydrogen-bond acceptors (Lipinski definition) is 6. The second-order valence-corrected chi connectivity index (χ2v) is 8.85. The minimum absolute atomic E-state index is 0.502. The molecule has 8 heteroatoms. The van der Waals surface area contributed by atoms with Gasteiger partial charge in [-0.1, -0.05) is 12.2 Å². The third kappa shape index (κ3) is 10.7. The van der Waals surface area contributed by atoms with Gasteiger partial charge in [-0.3, -0.25) is 0 Å². The van der Waals surface area contributed by atoms with E-state index < -0.39 is 23.4 Å². The summed E-state index contributed by atoms with van der Waals surface area (Å²) in [7, 11) is 0. The van der Waals surface area contributed by atoms with Gasteiger partial charge in [0.25, 0.3) is 0 Å². The van der Waals surface area contributed by atoms with E-state index in [-0.39, 0.29) is 0 Å². The zero-order chi connectivity index (χ0) is 20.0. The molecule has 0 bridgehead atoms. The van der Waals surface area contributed by atoms with Crippen LogP contribution in [0.4, 0.5) is 9.59 Å². The van der Waals surface area contributed by atoms with Gasteiger partial charge < -0.3 is 15.2 Å². The Morgan fingerprint density at radius 3 is 1.64 bits per heavy atom. The maximum absolute atomic E-state index is 11.1. The van der Waals surface area contributed by atoms with Crippen molar-refractivity contribution in [3.8, 4) is 0 Å². The third-order valence-electron chi connectivity index (χ3n) is 2.55. The summed E-state index contributed by atoms with van der Waals surface area (Å²) >= 11 is 6.54. The summed E-state index contributed by atoms with van der Waals surface area (Å²) in [4.78, 5) is 24.0. The van der Waals surface area contributed by atoms with Crippen LogP contribution < -0.4 is 11.1 Å². The molecule has 25 heavy (non-hydrogen) atoms. The van der Waals surface area contributed by atoms with Gasteiger partial charge in [0.05, 0.1) is 0 Å². The highest BCUT2D eigenvalue weighted by molar-refractivity contribution is 7.80. The molecular weight excluding hydrogens is 360 g/mol. The fourth-order valence-corrected chi connectivity index (χ4v) is 2.62. The molecule has 3 N–H and O–H groups in total. The van der Waals surface area contributed by atoms with Gasteiger partial charge in [-0.15, -0.1) is 11.3 Å². The second kappa shape index (κ2) is 9.15. The highest BCUT2D eigenvalue weighted by Gasteiger charge is 2.21. The van der Waals surface area contributed by atoms with Crippen molar-refractivity contribution in [2.45, 2.75) is 66.6 Å². The minimum atomic E-state index is -0.809. The number of aryl methyl sites for hydroxylation is 1. The molecule has 1 rings (SSSR count). The summed E-state index contributed by atoms with van der Waals surface area (Å²) in [5.74, 6) is 0. The van der Waals surface area contributed by atoms with Gasteiger partial charge in [0.1, 0.15) is 16.2 Å². The number of rotatable bonds is 1. The summed E-state index contributed by atoms with van der Waals surface area (Å²) in [6.07, 6.45) is -1.62. The highest BCUT2D eigenvalue weighted by Crippen LogP contribution is 2.19. The molecule has 2 amide bonds. The van der Waals surface area contributed by atoms with Crippen molar-refractivity contribution in [3.63, 3.8) is 0 Å². The maximum Gasteiger partial charge on any atom is 0.417 e. The molecule has 6 nitrogen and oxygen atoms in total. The van der Waals surface area contributed by atoms with Crippen molar-refractivity contribution in [2.24, 2.45) is 5.73 Å². The van der Waals surface area contributed by atoms with Crippen molar-refractivity contribution in [3.05, 3.63) is 21.4 Å². The largest absolute Gasteiger partial charge is 0.443 e. The normalized spacial score (nSPS) is 11.0. The number of carbonyl (C=O) groups excluding carboxylic acids is 2. The quantitative estimate of drug-likeness (QED) is 0.691. The Morgan fingerprint density at radius 2 is 1.44 bits per heavy atom. The van der Waals surface area contributed by atoms with Crippen LogP contribution in [0.1, 0.15) is 57.5 Å². The van der Waals surface area contributed by atoms with Crippen LogP contribution in [0.5, 0.6) is 0 Å². The fourth-order valence-electron chi connectivity index (χ4n) is 1.45. The molecule has 0 saturated heterocycles. The Morgan fingerprint density at radius 1 is 1.04 bits per heavy atom. The molecule has 0 fully saturated rings. The lowest BCUT2D eigenvalue weighted by Gasteiger charge is -2.21. The first-order chi connectivity index (χ1) is 11.1. The van der Waals surface area contributed by atoms with E-state index >= 15 is 0 Å². The molecule has 0 atom stereocenters. The maximum atomic E-state index is 11.1. The number of nitrogens with one attached hydrogen (secondary N) is 1. The molecule has 0 spiro atoms. The molecule has 0 aromatic carbocycles. The van der Waals surface area contributed by atoms with Crippen LogP contribution in [0.15, 0.2) is 5.38 Å². The molecule has 0 aliphatic heterocycles. The van der Waals surface area contributed by atoms with Crippen LogP contribution in [-0.2, 0) is 9.47 Å². The monoisotopic (exact) mass is 388 g/mol. The number of ether oxygens (including phenoxy) is 2. The number of alkyl carbamates (subject to hydrolysis) is 2. The number of thiocarbonyl (C=S) groups is 1. The van der Waals surface area contributed by atoms with Gasteiger partial charge in [0.15, 0.2) is 0 Å². The van der Waals surface area contributed by atoms with E-state index in [1.54, 1.807) is 52.9 Å². The Labute approximate surface area is 159 Å². The lowest BCUT2D eigenvalue weighted by atomic mass is 10.2. The molecule has 0 radical (unpaired) electrons. The van der Waals surface area contributed by atoms with Gasteiger partial charge in [-0.2, -0.15) is 0 Å². The number of nitrogens with two attached hydrogens (primary N) is 1. The standard InChI is InChI=1S/C10H19NO4.C7H9NS2/c1-9(2,3)14-7(12)11-8(13)15-10(4,5)6;1-4-5(2)10-3-6(4)7(8)9/h1-6H3,(H,11,12,13);3H,1-2H3,(H2,8,9). The fraction of sp³-hybridized carbons (Fsp3) is 0.588. The van der Waals surface area contributed by atoms with E-state index in [9.17, 15) is 9.59 Å². The van der Waals surface area contributed by atoms with Gasteiger partial charge in [-0.25, -0.2) is 14.9 Å². The van der Waals surface area contributed by atoms with Crippen LogP contribution in [0.25, 0.3) is 0 Å². The lowest BCUT2D eigenvalue weighted by molar-refractivity contribution is 0.0353. The van der Waals surface area contributed by atoms with Gasteiger partial charge in [0.2, 0.25) is 0 Å². The molecule has 1 heterocycles. The van der Waals surface area contributed by atoms with Crippen molar-refractivity contribution in [2.75, 3.05) is 0 Å². The number of carbonyl (C=O) groups is 2. The van der Waals surface area contributed by atoms with Crippen LogP contribution >= 0.6 is 23.6 Å². The van der Waals surface area contributed by atoms with Gasteiger partial charge in [-0.05, 0) is 61.0 Å². The molecular formula is C17H28N2O4S2. The van der Waals surface area contributed by atoms with E-state index in [4.69, 9.17) is 27.4 Å². The first-order valence-corrected chi connectivity index (χ1v) is 8.98. The van der Waals surface area contributed by atoms with E-state index in [1.165, 1.54) is 10.4 Å². The van der Waals surface area contributed by atoms with Crippen LogP contribution in [0, 0.1) is 13.8 Å². The molecule has 1 aromatic heterocycles. The minimum Gasteiger partial charge on any atom is -0.443 e. The Balaban J connectivity index is 0.000000496. The SMILES string of the molecule is CC(C)(C)OC(=O)NC(=O)OC(C)(C)C.Cc1scc(C(N)=S)c1C. The molecule has 0 unspecified atom stereocenters. The summed E-state index contributed by atoms with van der Waals surface area (Å²) < 4.78 is 9.74. The summed E-state index contributed by atoms with van der Waals surface area (Å²) in [5.41, 5.74) is 6.45. The van der Waals surface area contributed by atoms with Crippen LogP contribution in [-0.4, -0.2) is 28.4 Å². The number of hydrogen-bond donors (Lipinski definition) is 2.